The van der Waals surface area contributed by atoms with Crippen LogP contribution < -0.4 is 0 Å². The molecule has 1 nitrogen and oxygen atoms in total. The van der Waals surface area contributed by atoms with Crippen molar-refractivity contribution in [3.8, 4) is 0 Å². The zero-order chi connectivity index (χ0) is 7.49. The third-order valence-corrected chi connectivity index (χ3v) is 0.414. The molecule has 0 aromatic heterocycles. The fourth-order valence-electron chi connectivity index (χ4n) is 0.190. The molecule has 0 heterocycles. The molecule has 9 heavy (non-hydrogen) atoms. The smallest absolute Gasteiger partial charge is 0.295 e. The molecule has 0 saturated carbocycles. The molecule has 0 fully saturated rings. The van der Waals surface area contributed by atoms with Gasteiger partial charge in [-0.1, -0.05) is 0 Å². The Bertz CT molecular complexity index is 134. The SMILES string of the molecule is O=C/C(F)=C/C(F)(F)F. The normalized spacial score (nSPS) is 13.6. The Balaban J connectivity index is 4.11. The van der Waals surface area contributed by atoms with E-state index in [9.17, 15) is 22.4 Å². The molecule has 0 aliphatic rings. The minimum absolute atomic E-state index is 0.506. The third-order valence-electron chi connectivity index (χ3n) is 0.414. The molecule has 0 aromatic carbocycles. The molecule has 52 valence electrons. The van der Waals surface area contributed by atoms with Gasteiger partial charge >= 0.3 is 6.18 Å². The van der Waals surface area contributed by atoms with E-state index >= 15 is 0 Å². The summed E-state index contributed by atoms with van der Waals surface area (Å²) in [5.41, 5.74) is 0. The van der Waals surface area contributed by atoms with Crippen LogP contribution in [-0.2, 0) is 4.79 Å². The van der Waals surface area contributed by atoms with Crippen LogP contribution in [0.25, 0.3) is 0 Å². The monoisotopic (exact) mass is 142 g/mol. The lowest BCUT2D eigenvalue weighted by atomic mass is 10.5. The molecule has 5 heteroatoms. The van der Waals surface area contributed by atoms with E-state index in [1.807, 2.05) is 0 Å². The second kappa shape index (κ2) is 2.61. The van der Waals surface area contributed by atoms with Gasteiger partial charge in [0, 0.05) is 0 Å². The van der Waals surface area contributed by atoms with Crippen LogP contribution in [0.15, 0.2) is 11.9 Å². The maximum Gasteiger partial charge on any atom is 0.412 e. The standard InChI is InChI=1S/C4H2F4O/c5-3(2-9)1-4(6,7)8/h1-2H/b3-1-. The van der Waals surface area contributed by atoms with E-state index in [1.165, 1.54) is 0 Å². The summed E-state index contributed by atoms with van der Waals surface area (Å²) >= 11 is 0. The fourth-order valence-corrected chi connectivity index (χ4v) is 0.190. The summed E-state index contributed by atoms with van der Waals surface area (Å²) in [5, 5.41) is 0. The molecule has 0 spiro atoms. The van der Waals surface area contributed by atoms with E-state index in [0.717, 1.165) is 0 Å². The van der Waals surface area contributed by atoms with Crippen molar-refractivity contribution in [1.29, 1.82) is 0 Å². The van der Waals surface area contributed by atoms with Gasteiger partial charge in [-0.25, -0.2) is 4.39 Å². The first kappa shape index (κ1) is 8.13. The molecule has 0 N–H and O–H groups in total. The second-order valence-corrected chi connectivity index (χ2v) is 1.19. The van der Waals surface area contributed by atoms with Crippen molar-refractivity contribution in [3.63, 3.8) is 0 Å². The number of rotatable bonds is 1. The summed E-state index contributed by atoms with van der Waals surface area (Å²) in [6, 6.07) is 0. The zero-order valence-electron chi connectivity index (χ0n) is 4.07. The second-order valence-electron chi connectivity index (χ2n) is 1.19. The van der Waals surface area contributed by atoms with Gasteiger partial charge in [0.25, 0.3) is 0 Å². The van der Waals surface area contributed by atoms with E-state index < -0.39 is 24.4 Å². The molecule has 0 radical (unpaired) electrons. The van der Waals surface area contributed by atoms with E-state index in [-0.39, 0.29) is 0 Å². The largest absolute Gasteiger partial charge is 0.412 e. The van der Waals surface area contributed by atoms with E-state index in [2.05, 4.69) is 0 Å². The summed E-state index contributed by atoms with van der Waals surface area (Å²) in [6.07, 6.45) is -5.96. The number of aldehydes is 1. The number of carbonyl (C=O) groups excluding carboxylic acids is 1. The van der Waals surface area contributed by atoms with Crippen LogP contribution in [0.2, 0.25) is 0 Å². The van der Waals surface area contributed by atoms with Crippen LogP contribution in [0.4, 0.5) is 17.6 Å². The topological polar surface area (TPSA) is 17.1 Å². The van der Waals surface area contributed by atoms with Crippen molar-refractivity contribution in [3.05, 3.63) is 11.9 Å². The molecular weight excluding hydrogens is 140 g/mol. The van der Waals surface area contributed by atoms with E-state index in [4.69, 9.17) is 0 Å². The van der Waals surface area contributed by atoms with Gasteiger partial charge in [0.15, 0.2) is 12.1 Å². The third kappa shape index (κ3) is 4.99. The summed E-state index contributed by atoms with van der Waals surface area (Å²) in [6.45, 7) is 0. The maximum atomic E-state index is 11.4. The van der Waals surface area contributed by atoms with Crippen molar-refractivity contribution in [2.75, 3.05) is 0 Å². The number of carbonyl (C=O) groups is 1. The average molecular weight is 142 g/mol. The summed E-state index contributed by atoms with van der Waals surface area (Å²) in [4.78, 5) is 9.24. The zero-order valence-corrected chi connectivity index (χ0v) is 4.07. The van der Waals surface area contributed by atoms with Gasteiger partial charge in [0.2, 0.25) is 0 Å². The first-order chi connectivity index (χ1) is 3.95. The molecule has 0 rings (SSSR count). The summed E-state index contributed by atoms with van der Waals surface area (Å²) in [7, 11) is 0. The Kier molecular flexibility index (Phi) is 2.36. The van der Waals surface area contributed by atoms with Crippen molar-refractivity contribution >= 4 is 6.29 Å². The Labute approximate surface area is 48.0 Å². The Morgan fingerprint density at radius 3 is 1.89 bits per heavy atom. The van der Waals surface area contributed by atoms with Gasteiger partial charge in [-0.15, -0.1) is 0 Å². The van der Waals surface area contributed by atoms with Crippen molar-refractivity contribution < 1.29 is 22.4 Å². The van der Waals surface area contributed by atoms with Gasteiger partial charge in [0.05, 0.1) is 6.08 Å². The quantitative estimate of drug-likeness (QED) is 0.308. The number of hydrogen-bond acceptors (Lipinski definition) is 1. The number of alkyl halides is 3. The van der Waals surface area contributed by atoms with Crippen LogP contribution in [-0.4, -0.2) is 12.5 Å². The van der Waals surface area contributed by atoms with E-state index in [1.54, 1.807) is 0 Å². The number of halogens is 4. The highest BCUT2D eigenvalue weighted by atomic mass is 19.4. The fraction of sp³-hybridized carbons (Fsp3) is 0.250. The van der Waals surface area contributed by atoms with Gasteiger partial charge in [-0.05, 0) is 0 Å². The van der Waals surface area contributed by atoms with Gasteiger partial charge < -0.3 is 0 Å². The lowest BCUT2D eigenvalue weighted by molar-refractivity contribution is -0.107. The predicted octanol–water partition coefficient (Wildman–Crippen LogP) is 1.60. The highest BCUT2D eigenvalue weighted by Crippen LogP contribution is 2.17. The van der Waals surface area contributed by atoms with Crippen LogP contribution in [0.5, 0.6) is 0 Å². The molecule has 0 aliphatic heterocycles. The maximum absolute atomic E-state index is 11.4. The molecule has 0 aromatic rings. The highest BCUT2D eigenvalue weighted by molar-refractivity contribution is 5.69. The van der Waals surface area contributed by atoms with Crippen LogP contribution >= 0.6 is 0 Å². The lowest BCUT2D eigenvalue weighted by Crippen LogP contribution is -2.02. The van der Waals surface area contributed by atoms with Crippen LogP contribution in [0, 0.1) is 0 Å². The van der Waals surface area contributed by atoms with Crippen molar-refractivity contribution in [1.82, 2.24) is 0 Å². The molecular formula is C4H2F4O. The Morgan fingerprint density at radius 2 is 1.78 bits per heavy atom. The van der Waals surface area contributed by atoms with Crippen LogP contribution in [0.3, 0.4) is 0 Å². The number of hydrogen-bond donors (Lipinski definition) is 0. The lowest BCUT2D eigenvalue weighted by Gasteiger charge is -1.94. The minimum atomic E-state index is -4.75. The summed E-state index contributed by atoms with van der Waals surface area (Å²) in [5.74, 6) is -1.82. The van der Waals surface area contributed by atoms with Gasteiger partial charge in [-0.2, -0.15) is 13.2 Å². The van der Waals surface area contributed by atoms with Crippen LogP contribution in [0.1, 0.15) is 0 Å². The van der Waals surface area contributed by atoms with E-state index in [0.29, 0.717) is 0 Å². The van der Waals surface area contributed by atoms with Gasteiger partial charge in [0.1, 0.15) is 0 Å². The van der Waals surface area contributed by atoms with Crippen molar-refractivity contribution in [2.24, 2.45) is 0 Å². The molecule has 0 unspecified atom stereocenters. The highest BCUT2D eigenvalue weighted by Gasteiger charge is 2.24. The first-order valence-electron chi connectivity index (χ1n) is 1.86. The number of allylic oxidation sites excluding steroid dienone is 2. The molecule has 0 bridgehead atoms. The first-order valence-corrected chi connectivity index (χ1v) is 1.86. The Hall–Kier alpha value is -0.870. The summed E-state index contributed by atoms with van der Waals surface area (Å²) < 4.78 is 44.5. The molecule has 0 amide bonds. The molecule has 0 atom stereocenters. The molecule has 0 aliphatic carbocycles. The predicted molar refractivity (Wildman–Crippen MR) is 21.3 cm³/mol. The minimum Gasteiger partial charge on any atom is -0.295 e. The average Bonchev–Trinajstić information content (AvgIpc) is 1.62. The Morgan fingerprint density at radius 1 is 1.33 bits per heavy atom. The molecule has 0 saturated heterocycles. The van der Waals surface area contributed by atoms with Crippen molar-refractivity contribution in [2.45, 2.75) is 6.18 Å². The van der Waals surface area contributed by atoms with Gasteiger partial charge in [-0.3, -0.25) is 4.79 Å².